The van der Waals surface area contributed by atoms with E-state index >= 15 is 0 Å². The molecule has 1 aromatic rings. The number of hydrogen-bond acceptors (Lipinski definition) is 4. The molecule has 2 rings (SSSR count). The lowest BCUT2D eigenvalue weighted by atomic mass is 10.1. The molecule has 0 saturated carbocycles. The standard InChI is InChI=1S/C11H15N3O2.ClH/c15-14(16)11-4-2-1-3-10(11)9-13-7-5-12-6-8-13;/h1-4,12H,5-9H2;1H. The Morgan fingerprint density at radius 2 is 1.94 bits per heavy atom. The molecule has 1 heterocycles. The second-order valence-electron chi connectivity index (χ2n) is 3.91. The van der Waals surface area contributed by atoms with Crippen LogP contribution in [0.5, 0.6) is 0 Å². The van der Waals surface area contributed by atoms with E-state index in [1.807, 2.05) is 12.1 Å². The maximum absolute atomic E-state index is 10.8. The van der Waals surface area contributed by atoms with Crippen LogP contribution in [0.3, 0.4) is 0 Å². The number of nitro benzene ring substituents is 1. The predicted molar refractivity (Wildman–Crippen MR) is 68.5 cm³/mol. The maximum atomic E-state index is 10.8. The molecule has 1 fully saturated rings. The molecule has 0 spiro atoms. The number of piperazine rings is 1. The Bertz CT molecular complexity index is 381. The third-order valence-corrected chi connectivity index (χ3v) is 2.79. The Morgan fingerprint density at radius 3 is 2.59 bits per heavy atom. The minimum atomic E-state index is -0.308. The first-order chi connectivity index (χ1) is 7.77. The smallest absolute Gasteiger partial charge is 0.273 e. The van der Waals surface area contributed by atoms with Crippen LogP contribution in [-0.4, -0.2) is 36.0 Å². The number of nitro groups is 1. The average molecular weight is 258 g/mol. The van der Waals surface area contributed by atoms with Gasteiger partial charge in [-0.15, -0.1) is 12.4 Å². The van der Waals surface area contributed by atoms with Crippen LogP contribution in [0.4, 0.5) is 5.69 Å². The van der Waals surface area contributed by atoms with Gasteiger partial charge in [-0.1, -0.05) is 18.2 Å². The fourth-order valence-electron chi connectivity index (χ4n) is 1.93. The first-order valence-corrected chi connectivity index (χ1v) is 5.43. The highest BCUT2D eigenvalue weighted by molar-refractivity contribution is 5.85. The van der Waals surface area contributed by atoms with Gasteiger partial charge in [-0.3, -0.25) is 15.0 Å². The minimum Gasteiger partial charge on any atom is -0.314 e. The van der Waals surface area contributed by atoms with E-state index in [2.05, 4.69) is 10.2 Å². The molecule has 0 aliphatic carbocycles. The predicted octanol–water partition coefficient (Wildman–Crippen LogP) is 1.42. The zero-order valence-electron chi connectivity index (χ0n) is 9.46. The lowest BCUT2D eigenvalue weighted by molar-refractivity contribution is -0.385. The van der Waals surface area contributed by atoms with Gasteiger partial charge >= 0.3 is 0 Å². The first-order valence-electron chi connectivity index (χ1n) is 5.43. The summed E-state index contributed by atoms with van der Waals surface area (Å²) in [4.78, 5) is 12.8. The second-order valence-corrected chi connectivity index (χ2v) is 3.91. The molecule has 6 heteroatoms. The van der Waals surface area contributed by atoms with Crippen molar-refractivity contribution in [3.63, 3.8) is 0 Å². The molecule has 1 aromatic carbocycles. The van der Waals surface area contributed by atoms with E-state index in [-0.39, 0.29) is 23.0 Å². The third kappa shape index (κ3) is 3.66. The molecule has 0 unspecified atom stereocenters. The van der Waals surface area contributed by atoms with Crippen molar-refractivity contribution in [1.29, 1.82) is 0 Å². The topological polar surface area (TPSA) is 58.4 Å². The molecule has 0 aromatic heterocycles. The summed E-state index contributed by atoms with van der Waals surface area (Å²) in [6.07, 6.45) is 0. The van der Waals surface area contributed by atoms with Crippen molar-refractivity contribution in [3.05, 3.63) is 39.9 Å². The minimum absolute atomic E-state index is 0. The van der Waals surface area contributed by atoms with E-state index in [0.717, 1.165) is 31.7 Å². The summed E-state index contributed by atoms with van der Waals surface area (Å²) in [5.41, 5.74) is 1.02. The molecule has 1 aliphatic heterocycles. The molecule has 94 valence electrons. The van der Waals surface area contributed by atoms with Crippen molar-refractivity contribution in [1.82, 2.24) is 10.2 Å². The van der Waals surface area contributed by atoms with Gasteiger partial charge in [0.1, 0.15) is 0 Å². The maximum Gasteiger partial charge on any atom is 0.273 e. The highest BCUT2D eigenvalue weighted by Crippen LogP contribution is 2.19. The van der Waals surface area contributed by atoms with Crippen LogP contribution < -0.4 is 5.32 Å². The number of halogens is 1. The van der Waals surface area contributed by atoms with Crippen molar-refractivity contribution in [2.24, 2.45) is 0 Å². The molecular weight excluding hydrogens is 242 g/mol. The number of hydrogen-bond donors (Lipinski definition) is 1. The number of para-hydroxylation sites is 1. The molecule has 17 heavy (non-hydrogen) atoms. The molecule has 0 bridgehead atoms. The van der Waals surface area contributed by atoms with Crippen molar-refractivity contribution >= 4 is 18.1 Å². The molecule has 0 atom stereocenters. The summed E-state index contributed by atoms with van der Waals surface area (Å²) in [5.74, 6) is 0. The fraction of sp³-hybridized carbons (Fsp3) is 0.455. The molecule has 1 aliphatic rings. The normalized spacial score (nSPS) is 16.2. The van der Waals surface area contributed by atoms with Gasteiger partial charge in [-0.05, 0) is 0 Å². The van der Waals surface area contributed by atoms with E-state index in [4.69, 9.17) is 0 Å². The van der Waals surface area contributed by atoms with Gasteiger partial charge in [0.15, 0.2) is 0 Å². The Balaban J connectivity index is 0.00000144. The highest BCUT2D eigenvalue weighted by Gasteiger charge is 2.16. The lowest BCUT2D eigenvalue weighted by Gasteiger charge is -2.26. The Kier molecular flexibility index (Phi) is 5.34. The summed E-state index contributed by atoms with van der Waals surface area (Å²) in [7, 11) is 0. The van der Waals surface area contributed by atoms with Crippen LogP contribution in [0.2, 0.25) is 0 Å². The van der Waals surface area contributed by atoms with E-state index in [1.165, 1.54) is 0 Å². The van der Waals surface area contributed by atoms with Crippen LogP contribution in [0.25, 0.3) is 0 Å². The van der Waals surface area contributed by atoms with Gasteiger partial charge in [0.2, 0.25) is 0 Å². The Labute approximate surface area is 106 Å². The van der Waals surface area contributed by atoms with Gasteiger partial charge in [0.25, 0.3) is 5.69 Å². The summed E-state index contributed by atoms with van der Waals surface area (Å²) < 4.78 is 0. The van der Waals surface area contributed by atoms with Gasteiger partial charge in [-0.25, -0.2) is 0 Å². The van der Waals surface area contributed by atoms with Crippen LogP contribution in [-0.2, 0) is 6.54 Å². The number of rotatable bonds is 3. The van der Waals surface area contributed by atoms with Gasteiger partial charge < -0.3 is 5.32 Å². The lowest BCUT2D eigenvalue weighted by Crippen LogP contribution is -2.42. The van der Waals surface area contributed by atoms with Crippen LogP contribution in [0, 0.1) is 10.1 Å². The number of nitrogens with one attached hydrogen (secondary N) is 1. The zero-order valence-corrected chi connectivity index (χ0v) is 10.3. The SMILES string of the molecule is Cl.O=[N+]([O-])c1ccccc1CN1CCNCC1. The van der Waals surface area contributed by atoms with E-state index < -0.39 is 0 Å². The van der Waals surface area contributed by atoms with Crippen LogP contribution >= 0.6 is 12.4 Å². The second kappa shape index (κ2) is 6.54. The fourth-order valence-corrected chi connectivity index (χ4v) is 1.93. The molecular formula is C11H16ClN3O2. The Morgan fingerprint density at radius 1 is 1.29 bits per heavy atom. The van der Waals surface area contributed by atoms with Gasteiger partial charge in [0, 0.05) is 44.4 Å². The largest absolute Gasteiger partial charge is 0.314 e. The summed E-state index contributed by atoms with van der Waals surface area (Å²) >= 11 is 0. The summed E-state index contributed by atoms with van der Waals surface area (Å²) in [5, 5.41) is 14.1. The number of nitrogens with zero attached hydrogens (tertiary/aromatic N) is 2. The Hall–Kier alpha value is -1.17. The highest BCUT2D eigenvalue weighted by atomic mass is 35.5. The molecule has 1 saturated heterocycles. The molecule has 1 N–H and O–H groups in total. The van der Waals surface area contributed by atoms with Crippen molar-refractivity contribution in [2.45, 2.75) is 6.54 Å². The molecule has 5 nitrogen and oxygen atoms in total. The average Bonchev–Trinajstić information content (AvgIpc) is 2.31. The van der Waals surface area contributed by atoms with E-state index in [9.17, 15) is 10.1 Å². The quantitative estimate of drug-likeness (QED) is 0.657. The van der Waals surface area contributed by atoms with E-state index in [1.54, 1.807) is 12.1 Å². The van der Waals surface area contributed by atoms with E-state index in [0.29, 0.717) is 6.54 Å². The van der Waals surface area contributed by atoms with Crippen LogP contribution in [0.15, 0.2) is 24.3 Å². The van der Waals surface area contributed by atoms with Crippen LogP contribution in [0.1, 0.15) is 5.56 Å². The van der Waals surface area contributed by atoms with Crippen molar-refractivity contribution in [3.8, 4) is 0 Å². The zero-order chi connectivity index (χ0) is 11.4. The monoisotopic (exact) mass is 257 g/mol. The van der Waals surface area contributed by atoms with Gasteiger partial charge in [-0.2, -0.15) is 0 Å². The van der Waals surface area contributed by atoms with Crippen molar-refractivity contribution < 1.29 is 4.92 Å². The first kappa shape index (κ1) is 13.9. The third-order valence-electron chi connectivity index (χ3n) is 2.79. The van der Waals surface area contributed by atoms with Gasteiger partial charge in [0.05, 0.1) is 4.92 Å². The molecule has 0 amide bonds. The summed E-state index contributed by atoms with van der Waals surface area (Å²) in [6.45, 7) is 4.48. The number of benzene rings is 1. The van der Waals surface area contributed by atoms with Crippen molar-refractivity contribution in [2.75, 3.05) is 26.2 Å². The summed E-state index contributed by atoms with van der Waals surface area (Å²) in [6, 6.07) is 6.96. The molecule has 0 radical (unpaired) electrons.